The smallest absolute Gasteiger partial charge is 0.312 e. The fourth-order valence-electron chi connectivity index (χ4n) is 2.20. The van der Waals surface area contributed by atoms with Gasteiger partial charge in [0.25, 0.3) is 0 Å². The Morgan fingerprint density at radius 2 is 2.00 bits per heavy atom. The van der Waals surface area contributed by atoms with Crippen LogP contribution in [0.4, 0.5) is 18.9 Å². The highest BCUT2D eigenvalue weighted by Crippen LogP contribution is 2.31. The van der Waals surface area contributed by atoms with Gasteiger partial charge in [-0.05, 0) is 30.2 Å². The predicted octanol–water partition coefficient (Wildman–Crippen LogP) is 1.57. The molecule has 1 heterocycles. The van der Waals surface area contributed by atoms with Crippen molar-refractivity contribution in [3.8, 4) is 0 Å². The molecule has 0 fully saturated rings. The average Bonchev–Trinajstić information content (AvgIpc) is 2.76. The lowest BCUT2D eigenvalue weighted by atomic mass is 10.2. The van der Waals surface area contributed by atoms with Crippen LogP contribution in [-0.4, -0.2) is 27.0 Å². The van der Waals surface area contributed by atoms with Crippen LogP contribution in [-0.2, 0) is 21.2 Å². The molecule has 0 saturated carbocycles. The Hall–Kier alpha value is -1.61. The third-order valence-electron chi connectivity index (χ3n) is 3.20. The zero-order valence-corrected chi connectivity index (χ0v) is 11.7. The van der Waals surface area contributed by atoms with Crippen molar-refractivity contribution in [3.05, 3.63) is 23.8 Å². The molecule has 0 unspecified atom stereocenters. The number of hydrogen-bond acceptors (Lipinski definition) is 3. The highest BCUT2D eigenvalue weighted by Gasteiger charge is 2.31. The van der Waals surface area contributed by atoms with Crippen molar-refractivity contribution >= 4 is 21.6 Å². The fraction of sp³-hybridized carbons (Fsp3) is 0.417. The molecule has 9 heteroatoms. The first-order valence-corrected chi connectivity index (χ1v) is 7.65. The van der Waals surface area contributed by atoms with E-state index >= 15 is 0 Å². The van der Waals surface area contributed by atoms with Gasteiger partial charge in [-0.25, -0.2) is 13.6 Å². The number of anilines is 1. The van der Waals surface area contributed by atoms with Crippen LogP contribution >= 0.6 is 0 Å². The van der Waals surface area contributed by atoms with E-state index in [1.165, 1.54) is 23.1 Å². The van der Waals surface area contributed by atoms with Gasteiger partial charge in [-0.3, -0.25) is 4.79 Å². The Bertz CT molecular complexity index is 671. The summed E-state index contributed by atoms with van der Waals surface area (Å²) in [6, 6.07) is 3.98. The van der Waals surface area contributed by atoms with E-state index in [0.717, 1.165) is 0 Å². The highest BCUT2D eigenvalue weighted by atomic mass is 32.2. The molecule has 0 atom stereocenters. The van der Waals surface area contributed by atoms with Crippen molar-refractivity contribution in [1.82, 2.24) is 0 Å². The topological polar surface area (TPSA) is 80.5 Å². The molecule has 0 aliphatic carbocycles. The zero-order valence-electron chi connectivity index (χ0n) is 10.9. The summed E-state index contributed by atoms with van der Waals surface area (Å²) in [7, 11) is -3.84. The van der Waals surface area contributed by atoms with Crippen LogP contribution in [0, 0.1) is 0 Å². The van der Waals surface area contributed by atoms with Gasteiger partial charge in [-0.15, -0.1) is 0 Å². The van der Waals surface area contributed by atoms with Crippen molar-refractivity contribution < 1.29 is 26.4 Å². The summed E-state index contributed by atoms with van der Waals surface area (Å²) in [6.07, 6.45) is -5.79. The summed E-state index contributed by atoms with van der Waals surface area (Å²) in [4.78, 5) is 13.0. The molecule has 0 radical (unpaired) electrons. The number of benzene rings is 1. The van der Waals surface area contributed by atoms with E-state index in [1.54, 1.807) is 0 Å². The molecule has 2 rings (SSSR count). The average molecular weight is 322 g/mol. The van der Waals surface area contributed by atoms with Crippen LogP contribution < -0.4 is 10.0 Å². The molecule has 1 aromatic rings. The number of rotatable bonds is 3. The molecule has 1 aliphatic heterocycles. The van der Waals surface area contributed by atoms with Crippen LogP contribution in [0.5, 0.6) is 0 Å². The molecule has 0 saturated heterocycles. The number of carbonyl (C=O) groups excluding carboxylic acids is 1. The SMILES string of the molecule is NS(=O)(=O)c1ccc2c(c1)CCN2C(=O)CCC(F)(F)F. The second kappa shape index (κ2) is 5.30. The van der Waals surface area contributed by atoms with Gasteiger partial charge in [0, 0.05) is 18.7 Å². The van der Waals surface area contributed by atoms with Gasteiger partial charge in [0.2, 0.25) is 15.9 Å². The minimum absolute atomic E-state index is 0.0779. The number of halogens is 3. The van der Waals surface area contributed by atoms with E-state index in [4.69, 9.17) is 5.14 Å². The molecule has 1 aliphatic rings. The van der Waals surface area contributed by atoms with E-state index in [-0.39, 0.29) is 11.4 Å². The Kier molecular flexibility index (Phi) is 3.98. The van der Waals surface area contributed by atoms with E-state index in [2.05, 4.69) is 0 Å². The normalized spacial score (nSPS) is 15.1. The zero-order chi connectivity index (χ0) is 15.8. The number of sulfonamides is 1. The van der Waals surface area contributed by atoms with Gasteiger partial charge in [-0.2, -0.15) is 13.2 Å². The van der Waals surface area contributed by atoms with Crippen LogP contribution in [0.1, 0.15) is 18.4 Å². The minimum atomic E-state index is -4.38. The molecule has 21 heavy (non-hydrogen) atoms. The van der Waals surface area contributed by atoms with Crippen LogP contribution in [0.3, 0.4) is 0 Å². The molecule has 2 N–H and O–H groups in total. The second-order valence-corrected chi connectivity index (χ2v) is 6.31. The van der Waals surface area contributed by atoms with Crippen molar-refractivity contribution in [2.24, 2.45) is 5.14 Å². The molecule has 0 spiro atoms. The van der Waals surface area contributed by atoms with E-state index < -0.39 is 34.9 Å². The molecule has 1 aromatic carbocycles. The number of hydrogen-bond donors (Lipinski definition) is 1. The molecular weight excluding hydrogens is 309 g/mol. The second-order valence-electron chi connectivity index (χ2n) is 4.75. The molecule has 1 amide bonds. The number of nitrogens with zero attached hydrogens (tertiary/aromatic N) is 1. The van der Waals surface area contributed by atoms with Crippen molar-refractivity contribution in [1.29, 1.82) is 0 Å². The Morgan fingerprint density at radius 1 is 1.33 bits per heavy atom. The van der Waals surface area contributed by atoms with E-state index in [1.807, 2.05) is 0 Å². The van der Waals surface area contributed by atoms with Crippen molar-refractivity contribution in [2.75, 3.05) is 11.4 Å². The Balaban J connectivity index is 2.17. The molecular formula is C12H13F3N2O3S. The van der Waals surface area contributed by atoms with Gasteiger partial charge in [0.1, 0.15) is 0 Å². The first-order valence-electron chi connectivity index (χ1n) is 6.11. The molecule has 0 aromatic heterocycles. The molecule has 116 valence electrons. The standard InChI is InChI=1S/C12H13F3N2O3S/c13-12(14,15)5-3-11(18)17-6-4-8-7-9(21(16,19)20)1-2-10(8)17/h1-2,7H,3-6H2,(H2,16,19,20). The number of primary sulfonamides is 1. The maximum Gasteiger partial charge on any atom is 0.389 e. The van der Waals surface area contributed by atoms with Gasteiger partial charge in [0.05, 0.1) is 11.3 Å². The molecule has 0 bridgehead atoms. The summed E-state index contributed by atoms with van der Waals surface area (Å²) in [6.45, 7) is 0.236. The van der Waals surface area contributed by atoms with E-state index in [0.29, 0.717) is 17.7 Å². The van der Waals surface area contributed by atoms with Crippen molar-refractivity contribution in [2.45, 2.75) is 30.3 Å². The summed E-state index contributed by atoms with van der Waals surface area (Å²) in [5, 5.41) is 5.01. The summed E-state index contributed by atoms with van der Waals surface area (Å²) in [5.74, 6) is -0.630. The van der Waals surface area contributed by atoms with Gasteiger partial charge < -0.3 is 4.90 Å². The number of alkyl halides is 3. The monoisotopic (exact) mass is 322 g/mol. The van der Waals surface area contributed by atoms with Crippen LogP contribution in [0.2, 0.25) is 0 Å². The van der Waals surface area contributed by atoms with E-state index in [9.17, 15) is 26.4 Å². The van der Waals surface area contributed by atoms with Crippen LogP contribution in [0.15, 0.2) is 23.1 Å². The number of nitrogens with two attached hydrogens (primary N) is 1. The third kappa shape index (κ3) is 3.73. The lowest BCUT2D eigenvalue weighted by Gasteiger charge is -2.18. The Morgan fingerprint density at radius 3 is 2.57 bits per heavy atom. The molecule has 5 nitrogen and oxygen atoms in total. The lowest BCUT2D eigenvalue weighted by molar-refractivity contribution is -0.143. The van der Waals surface area contributed by atoms with Crippen LogP contribution in [0.25, 0.3) is 0 Å². The lowest BCUT2D eigenvalue weighted by Crippen LogP contribution is -2.29. The maximum atomic E-state index is 12.1. The maximum absolute atomic E-state index is 12.1. The summed E-state index contributed by atoms with van der Waals surface area (Å²) < 4.78 is 58.9. The summed E-state index contributed by atoms with van der Waals surface area (Å²) >= 11 is 0. The predicted molar refractivity (Wildman–Crippen MR) is 69.2 cm³/mol. The number of carbonyl (C=O) groups is 1. The quantitative estimate of drug-likeness (QED) is 0.917. The number of fused-ring (bicyclic) bond motifs is 1. The highest BCUT2D eigenvalue weighted by molar-refractivity contribution is 7.89. The van der Waals surface area contributed by atoms with Crippen molar-refractivity contribution in [3.63, 3.8) is 0 Å². The number of amides is 1. The minimum Gasteiger partial charge on any atom is -0.312 e. The third-order valence-corrected chi connectivity index (χ3v) is 4.11. The summed E-state index contributed by atoms with van der Waals surface area (Å²) in [5.41, 5.74) is 1.02. The fourth-order valence-corrected chi connectivity index (χ4v) is 2.76. The first kappa shape index (κ1) is 15.8. The van der Waals surface area contributed by atoms with Gasteiger partial charge >= 0.3 is 6.18 Å². The largest absolute Gasteiger partial charge is 0.389 e. The van der Waals surface area contributed by atoms with Gasteiger partial charge in [-0.1, -0.05) is 0 Å². The Labute approximate surface area is 119 Å². The first-order chi connectivity index (χ1) is 9.58. The van der Waals surface area contributed by atoms with Gasteiger partial charge in [0.15, 0.2) is 0 Å².